The molecule has 61 heavy (non-hydrogen) atoms. The third-order valence-corrected chi connectivity index (χ3v) is 11.9. The Morgan fingerprint density at radius 2 is 0.803 bits per heavy atom. The van der Waals surface area contributed by atoms with Crippen LogP contribution in [0.2, 0.25) is 0 Å². The van der Waals surface area contributed by atoms with Gasteiger partial charge in [-0.25, -0.2) is 0 Å². The molecule has 0 bridgehead atoms. The molecule has 6 aliphatic rings. The van der Waals surface area contributed by atoms with Crippen LogP contribution in [0.1, 0.15) is 27.7 Å². The van der Waals surface area contributed by atoms with Gasteiger partial charge in [-0.1, -0.05) is 0 Å². The molecular weight excluding hydrogens is 836 g/mol. The fourth-order valence-electron chi connectivity index (χ4n) is 7.97. The van der Waals surface area contributed by atoms with Crippen molar-refractivity contribution in [3.05, 3.63) is 0 Å². The Morgan fingerprint density at radius 1 is 0.361 bits per heavy atom. The molecule has 26 nitrogen and oxygen atoms in total. The van der Waals surface area contributed by atoms with Crippen LogP contribution in [0.5, 0.6) is 0 Å². The summed E-state index contributed by atoms with van der Waals surface area (Å²) in [6.45, 7) is 4.11. The summed E-state index contributed by atoms with van der Waals surface area (Å²) < 4.78 is 62.7. The van der Waals surface area contributed by atoms with Crippen molar-refractivity contribution in [1.82, 2.24) is 0 Å². The molecule has 6 fully saturated rings. The lowest BCUT2D eigenvalue weighted by Gasteiger charge is -2.49. The van der Waals surface area contributed by atoms with Crippen LogP contribution in [0, 0.1) is 0 Å². The molecule has 0 aromatic carbocycles. The first-order valence-corrected chi connectivity index (χ1v) is 20.0. The first-order chi connectivity index (χ1) is 28.7. The molecule has 6 saturated heterocycles. The smallest absolute Gasteiger partial charge is 0.187 e. The van der Waals surface area contributed by atoms with E-state index in [4.69, 9.17) is 52.1 Å². The molecule has 0 aromatic heterocycles. The Bertz CT molecular complexity index is 1370. The summed E-state index contributed by atoms with van der Waals surface area (Å²) >= 11 is 0. The van der Waals surface area contributed by atoms with Gasteiger partial charge in [-0.2, -0.15) is 0 Å². The predicted octanol–water partition coefficient (Wildman–Crippen LogP) is -9.35. The van der Waals surface area contributed by atoms with Gasteiger partial charge in [-0.15, -0.1) is 0 Å². The molecule has 0 radical (unpaired) electrons. The highest BCUT2D eigenvalue weighted by Gasteiger charge is 2.56. The monoisotopic (exact) mass is 896 g/mol. The summed E-state index contributed by atoms with van der Waals surface area (Å²) in [4.78, 5) is 0. The SMILES string of the molecule is C[C@H]1O[C@@H](O[C@H]2CO[C@@H](O[C@@H]3[C@@H](O)[C@H](O)O[C@H](C)[C@H]3O)[C@H](O[C@@H]3O[C@H](C)[C@@H](O)[C@@H](O)[C@H]3O)[C@H]2O)[C@H](O[C@@H]2O[C@H](C)[C@H](O[C@@H]3O[C@H](CO)[C@H](O)[C@H](O)[C@H]3O)[C@H](O)[C@H]2O)[C@@H](O)[C@H]1O. The van der Waals surface area contributed by atoms with Crippen LogP contribution in [0.3, 0.4) is 0 Å². The molecular formula is C35H60O26. The summed E-state index contributed by atoms with van der Waals surface area (Å²) in [6, 6.07) is 0. The number of rotatable bonds is 11. The maximum absolute atomic E-state index is 11.8. The molecule has 15 N–H and O–H groups in total. The lowest BCUT2D eigenvalue weighted by atomic mass is 9.96. The molecule has 0 aliphatic carbocycles. The zero-order valence-corrected chi connectivity index (χ0v) is 33.4. The summed E-state index contributed by atoms with van der Waals surface area (Å²) in [5.74, 6) is 0. The molecule has 6 heterocycles. The minimum absolute atomic E-state index is 0.597. The van der Waals surface area contributed by atoms with Crippen molar-refractivity contribution in [3.63, 3.8) is 0 Å². The van der Waals surface area contributed by atoms with E-state index in [0.717, 1.165) is 0 Å². The highest BCUT2D eigenvalue weighted by Crippen LogP contribution is 2.36. The molecule has 0 saturated carbocycles. The fraction of sp³-hybridized carbons (Fsp3) is 1.00. The minimum Gasteiger partial charge on any atom is -0.394 e. The molecule has 26 heteroatoms. The van der Waals surface area contributed by atoms with Gasteiger partial charge in [0.15, 0.2) is 37.7 Å². The van der Waals surface area contributed by atoms with Crippen LogP contribution < -0.4 is 0 Å². The van der Waals surface area contributed by atoms with E-state index in [0.29, 0.717) is 0 Å². The topological polar surface area (TPSA) is 405 Å². The van der Waals surface area contributed by atoms with Gasteiger partial charge in [0.25, 0.3) is 0 Å². The average Bonchev–Trinajstić information content (AvgIpc) is 3.22. The number of ether oxygens (including phenoxy) is 11. The van der Waals surface area contributed by atoms with Crippen molar-refractivity contribution in [2.45, 2.75) is 206 Å². The van der Waals surface area contributed by atoms with Gasteiger partial charge in [0.1, 0.15) is 116 Å². The van der Waals surface area contributed by atoms with Gasteiger partial charge in [-0.3, -0.25) is 0 Å². The number of hydrogen-bond acceptors (Lipinski definition) is 26. The second-order valence-electron chi connectivity index (χ2n) is 16.2. The van der Waals surface area contributed by atoms with Crippen molar-refractivity contribution < 1.29 is 129 Å². The van der Waals surface area contributed by atoms with Gasteiger partial charge in [-0.05, 0) is 27.7 Å². The third-order valence-electron chi connectivity index (χ3n) is 11.9. The molecule has 29 atom stereocenters. The molecule has 6 aliphatic heterocycles. The van der Waals surface area contributed by atoms with Crippen LogP contribution in [-0.4, -0.2) is 268 Å². The first kappa shape index (κ1) is 49.4. The Hall–Kier alpha value is -1.04. The molecule has 0 unspecified atom stereocenters. The van der Waals surface area contributed by atoms with Gasteiger partial charge >= 0.3 is 0 Å². The average molecular weight is 897 g/mol. The largest absolute Gasteiger partial charge is 0.394 e. The number of aliphatic hydroxyl groups is 15. The lowest BCUT2D eigenvalue weighted by Crippen LogP contribution is -2.67. The highest BCUT2D eigenvalue weighted by atomic mass is 16.8. The summed E-state index contributed by atoms with van der Waals surface area (Å²) in [5.41, 5.74) is 0. The van der Waals surface area contributed by atoms with E-state index in [-0.39, 0.29) is 0 Å². The number of aliphatic hydroxyl groups excluding tert-OH is 15. The van der Waals surface area contributed by atoms with Gasteiger partial charge in [0.05, 0.1) is 37.6 Å². The van der Waals surface area contributed by atoms with Crippen molar-refractivity contribution in [2.24, 2.45) is 0 Å². The van der Waals surface area contributed by atoms with Gasteiger partial charge < -0.3 is 129 Å². The minimum atomic E-state index is -2.00. The summed E-state index contributed by atoms with van der Waals surface area (Å²) in [7, 11) is 0. The van der Waals surface area contributed by atoms with E-state index < -0.39 is 191 Å². The van der Waals surface area contributed by atoms with E-state index in [2.05, 4.69) is 0 Å². The van der Waals surface area contributed by atoms with Crippen LogP contribution in [-0.2, 0) is 52.1 Å². The van der Waals surface area contributed by atoms with Gasteiger partial charge in [0.2, 0.25) is 0 Å². The summed E-state index contributed by atoms with van der Waals surface area (Å²) in [6.07, 6.45) is -48.0. The molecule has 0 spiro atoms. The zero-order valence-electron chi connectivity index (χ0n) is 33.4. The van der Waals surface area contributed by atoms with Crippen LogP contribution >= 0.6 is 0 Å². The van der Waals surface area contributed by atoms with E-state index in [1.165, 1.54) is 27.7 Å². The molecule has 6 rings (SSSR count). The second-order valence-corrected chi connectivity index (χ2v) is 16.2. The van der Waals surface area contributed by atoms with Crippen LogP contribution in [0.25, 0.3) is 0 Å². The van der Waals surface area contributed by atoms with Crippen molar-refractivity contribution in [3.8, 4) is 0 Å². The normalized spacial score (nSPS) is 56.2. The third kappa shape index (κ3) is 10.1. The van der Waals surface area contributed by atoms with E-state index in [9.17, 15) is 76.6 Å². The van der Waals surface area contributed by atoms with Crippen LogP contribution in [0.15, 0.2) is 0 Å². The first-order valence-electron chi connectivity index (χ1n) is 20.0. The predicted molar refractivity (Wildman–Crippen MR) is 187 cm³/mol. The highest BCUT2D eigenvalue weighted by molar-refractivity contribution is 4.98. The molecule has 356 valence electrons. The molecule has 0 amide bonds. The van der Waals surface area contributed by atoms with E-state index in [1.54, 1.807) is 0 Å². The Kier molecular flexibility index (Phi) is 16.4. The maximum atomic E-state index is 11.8. The summed E-state index contributed by atoms with van der Waals surface area (Å²) in [5, 5.41) is 159. The van der Waals surface area contributed by atoms with Crippen molar-refractivity contribution in [2.75, 3.05) is 13.2 Å². The van der Waals surface area contributed by atoms with Crippen molar-refractivity contribution in [1.29, 1.82) is 0 Å². The second kappa shape index (κ2) is 20.2. The van der Waals surface area contributed by atoms with Crippen LogP contribution in [0.4, 0.5) is 0 Å². The van der Waals surface area contributed by atoms with Gasteiger partial charge in [0, 0.05) is 0 Å². The zero-order chi connectivity index (χ0) is 44.9. The standard InChI is InChI=1S/C35H60O26/c1-7-13(37)18(42)22(46)31(53-7)60-28-17(41)12(6-51-34(28)59-27-15(39)9(3)52-30(50)25(27)49)57-35-29(20(44)14(38)8(2)54-35)61-32-24(48)21(45)26(10(4)55-32)58-33-23(47)19(43)16(40)11(5-36)56-33/h7-50H,5-6H2,1-4H3/t7-,8-,9-,10-,11-,12+,13-,14+,15-,16+,17+,18-,19+,20+,21-,22-,23-,24-,25-,26+,27+,28-,29-,30-,31+,32+,33+,34+,35+/m1/s1. The maximum Gasteiger partial charge on any atom is 0.187 e. The Labute approximate surface area is 347 Å². The Balaban J connectivity index is 1.19. The quantitative estimate of drug-likeness (QED) is 0.0915. The lowest BCUT2D eigenvalue weighted by molar-refractivity contribution is -0.399. The van der Waals surface area contributed by atoms with Crippen molar-refractivity contribution >= 4 is 0 Å². The number of hydrogen-bond donors (Lipinski definition) is 15. The fourth-order valence-corrected chi connectivity index (χ4v) is 7.97. The van der Waals surface area contributed by atoms with E-state index >= 15 is 0 Å². The van der Waals surface area contributed by atoms with E-state index in [1.807, 2.05) is 0 Å². The molecule has 0 aromatic rings. The Morgan fingerprint density at radius 3 is 1.41 bits per heavy atom.